The van der Waals surface area contributed by atoms with E-state index in [0.717, 1.165) is 16.7 Å². The van der Waals surface area contributed by atoms with Crippen LogP contribution in [0.2, 0.25) is 0 Å². The Hall–Kier alpha value is -4.09. The number of carbonyl (C=O) groups is 3. The van der Waals surface area contributed by atoms with Crippen LogP contribution < -0.4 is 11.1 Å². The molecule has 1 aliphatic rings. The van der Waals surface area contributed by atoms with Crippen LogP contribution in [0.1, 0.15) is 44.5 Å². The van der Waals surface area contributed by atoms with Crippen molar-refractivity contribution in [1.29, 1.82) is 0 Å². The molecule has 0 saturated carbocycles. The van der Waals surface area contributed by atoms with Crippen molar-refractivity contribution in [3.8, 4) is 11.1 Å². The molecule has 1 aromatic heterocycles. The molecule has 2 heterocycles. The van der Waals surface area contributed by atoms with Gasteiger partial charge in [0, 0.05) is 26.5 Å². The minimum atomic E-state index is -0.995. The van der Waals surface area contributed by atoms with Gasteiger partial charge in [-0.05, 0) is 22.1 Å². The van der Waals surface area contributed by atoms with Crippen molar-refractivity contribution in [2.24, 2.45) is 11.1 Å². The minimum Gasteiger partial charge on any atom is -0.391 e. The van der Waals surface area contributed by atoms with Crippen molar-refractivity contribution in [2.45, 2.75) is 64.4 Å². The Balaban J connectivity index is 1.50. The zero-order valence-corrected chi connectivity index (χ0v) is 23.9. The van der Waals surface area contributed by atoms with Gasteiger partial charge < -0.3 is 25.8 Å². The number of rotatable bonds is 10. The van der Waals surface area contributed by atoms with Gasteiger partial charge in [-0.25, -0.2) is 4.68 Å². The second-order valence-electron chi connectivity index (χ2n) is 11.5. The average Bonchev–Trinajstić information content (AvgIpc) is 3.55. The number of nitrogens with zero attached hydrogens (tertiary/aromatic N) is 4. The van der Waals surface area contributed by atoms with Crippen LogP contribution in [0.15, 0.2) is 60.8 Å². The summed E-state index contributed by atoms with van der Waals surface area (Å²) in [4.78, 5) is 41.1. The minimum absolute atomic E-state index is 0.0225. The van der Waals surface area contributed by atoms with Crippen molar-refractivity contribution >= 4 is 17.7 Å². The Kier molecular flexibility index (Phi) is 9.19. The number of hydrogen-bond donors (Lipinski definition) is 3. The van der Waals surface area contributed by atoms with Gasteiger partial charge in [0.1, 0.15) is 23.8 Å². The molecule has 4 rings (SSSR count). The van der Waals surface area contributed by atoms with Crippen molar-refractivity contribution in [3.63, 3.8) is 0 Å². The molecule has 1 aliphatic heterocycles. The van der Waals surface area contributed by atoms with E-state index in [9.17, 15) is 19.5 Å². The Morgan fingerprint density at radius 1 is 1.10 bits per heavy atom. The van der Waals surface area contributed by atoms with E-state index in [1.54, 1.807) is 13.3 Å². The summed E-state index contributed by atoms with van der Waals surface area (Å²) in [5.74, 6) is -1.62. The van der Waals surface area contributed by atoms with Crippen molar-refractivity contribution < 1.29 is 24.2 Å². The molecule has 3 aromatic rings. The number of ether oxygens (including phenoxy) is 1. The van der Waals surface area contributed by atoms with Gasteiger partial charge in [-0.3, -0.25) is 14.4 Å². The summed E-state index contributed by atoms with van der Waals surface area (Å²) in [6, 6.07) is 14.8. The molecule has 41 heavy (non-hydrogen) atoms. The normalized spacial score (nSPS) is 18.6. The predicted molar refractivity (Wildman–Crippen MR) is 152 cm³/mol. The van der Waals surface area contributed by atoms with Gasteiger partial charge in [-0.1, -0.05) is 80.6 Å². The van der Waals surface area contributed by atoms with Gasteiger partial charge in [0.25, 0.3) is 0 Å². The zero-order valence-electron chi connectivity index (χ0n) is 23.9. The Labute approximate surface area is 239 Å². The summed E-state index contributed by atoms with van der Waals surface area (Å²) in [5.41, 5.74) is 8.55. The highest BCUT2D eigenvalue weighted by Crippen LogP contribution is 2.34. The van der Waals surface area contributed by atoms with E-state index in [0.29, 0.717) is 5.69 Å². The fourth-order valence-electron chi connectivity index (χ4n) is 5.19. The number of hydrogen-bond acceptors (Lipinski definition) is 7. The largest absolute Gasteiger partial charge is 0.391 e. The second kappa shape index (κ2) is 12.6. The number of nitrogens with two attached hydrogens (primary N) is 1. The van der Waals surface area contributed by atoms with Gasteiger partial charge in [0.2, 0.25) is 17.7 Å². The molecule has 11 heteroatoms. The first-order valence-corrected chi connectivity index (χ1v) is 13.6. The van der Waals surface area contributed by atoms with Crippen LogP contribution >= 0.6 is 0 Å². The third kappa shape index (κ3) is 7.17. The zero-order chi connectivity index (χ0) is 29.7. The van der Waals surface area contributed by atoms with Gasteiger partial charge in [-0.15, -0.1) is 5.10 Å². The highest BCUT2D eigenvalue weighted by Gasteiger charge is 2.45. The number of primary amides is 1. The molecule has 1 saturated heterocycles. The number of β-amino-alcohol motifs (C(OH)–C–C–N with tert-alkyl or cyclic N) is 1. The van der Waals surface area contributed by atoms with Crippen LogP contribution in [-0.4, -0.2) is 74.6 Å². The van der Waals surface area contributed by atoms with Crippen molar-refractivity contribution in [2.75, 3.05) is 13.7 Å². The predicted octanol–water partition coefficient (Wildman–Crippen LogP) is 1.85. The summed E-state index contributed by atoms with van der Waals surface area (Å²) >= 11 is 0. The number of aliphatic hydroxyl groups is 1. The second-order valence-corrected chi connectivity index (χ2v) is 11.5. The molecule has 3 amide bonds. The smallest absolute Gasteiger partial charge is 0.248 e. The van der Waals surface area contributed by atoms with Crippen LogP contribution in [0.4, 0.5) is 0 Å². The van der Waals surface area contributed by atoms with Gasteiger partial charge in [-0.2, -0.15) is 0 Å². The number of aromatic nitrogens is 3. The first-order valence-electron chi connectivity index (χ1n) is 13.6. The quantitative estimate of drug-likeness (QED) is 0.341. The molecule has 0 radical (unpaired) electrons. The maximum absolute atomic E-state index is 13.9. The molecule has 11 nitrogen and oxygen atoms in total. The molecular formula is C30H38N6O5. The van der Waals surface area contributed by atoms with E-state index in [2.05, 4.69) is 15.6 Å². The Bertz CT molecular complexity index is 1350. The summed E-state index contributed by atoms with van der Waals surface area (Å²) in [5, 5.41) is 21.4. The lowest BCUT2D eigenvalue weighted by atomic mass is 9.85. The lowest BCUT2D eigenvalue weighted by molar-refractivity contribution is -0.144. The van der Waals surface area contributed by atoms with Crippen molar-refractivity contribution in [3.05, 3.63) is 72.1 Å². The summed E-state index contributed by atoms with van der Waals surface area (Å²) < 4.78 is 6.59. The molecule has 2 aromatic carbocycles. The highest BCUT2D eigenvalue weighted by molar-refractivity contribution is 5.93. The molecular weight excluding hydrogens is 524 g/mol. The first-order chi connectivity index (χ1) is 19.5. The van der Waals surface area contributed by atoms with E-state index in [1.807, 2.05) is 75.4 Å². The number of carbonyl (C=O) groups excluding carboxylic acids is 3. The van der Waals surface area contributed by atoms with E-state index in [-0.39, 0.29) is 31.9 Å². The van der Waals surface area contributed by atoms with E-state index < -0.39 is 41.5 Å². The number of benzene rings is 2. The van der Waals surface area contributed by atoms with Gasteiger partial charge in [0.15, 0.2) is 0 Å². The molecule has 4 atom stereocenters. The fraction of sp³-hybridized carbons (Fsp3) is 0.433. The summed E-state index contributed by atoms with van der Waals surface area (Å²) in [7, 11) is 1.54. The molecule has 1 unspecified atom stereocenters. The molecule has 218 valence electrons. The number of methoxy groups -OCH3 is 1. The molecule has 0 spiro atoms. The SMILES string of the molecule is COCc1cn(C(C(=O)N2C[C@H](O)C[C@H]2C(=O)N[C@H](Cc2ccc(-c3ccccc3)cc2)C(N)=O)C(C)(C)C)nn1. The number of nitrogens with one attached hydrogen (secondary N) is 1. The van der Waals surface area contributed by atoms with E-state index in [1.165, 1.54) is 9.58 Å². The summed E-state index contributed by atoms with van der Waals surface area (Å²) in [6.45, 7) is 5.89. The maximum Gasteiger partial charge on any atom is 0.248 e. The Morgan fingerprint density at radius 2 is 1.76 bits per heavy atom. The van der Waals surface area contributed by atoms with Crippen LogP contribution in [0.3, 0.4) is 0 Å². The fourth-order valence-corrected chi connectivity index (χ4v) is 5.19. The van der Waals surface area contributed by atoms with E-state index in [4.69, 9.17) is 10.5 Å². The monoisotopic (exact) mass is 562 g/mol. The number of amides is 3. The lowest BCUT2D eigenvalue weighted by Crippen LogP contribution is -2.54. The first kappa shape index (κ1) is 29.9. The van der Waals surface area contributed by atoms with Crippen LogP contribution in [0.5, 0.6) is 0 Å². The molecule has 1 fully saturated rings. The number of aliphatic hydroxyl groups excluding tert-OH is 1. The molecule has 0 bridgehead atoms. The summed E-state index contributed by atoms with van der Waals surface area (Å²) in [6.07, 6.45) is 0.974. The standard InChI is InChI=1S/C30H38N6O5/c1-30(2,3)26(36-16-22(18-41-4)33-34-36)29(40)35-17-23(37)15-25(35)28(39)32-24(27(31)38)14-19-10-12-21(13-11-19)20-8-6-5-7-9-20/h5-13,16,23-26,37H,14-15,17-18H2,1-4H3,(H2,31,38)(H,32,39)/t23-,24-,25+,26?/m1/s1. The average molecular weight is 563 g/mol. The highest BCUT2D eigenvalue weighted by atomic mass is 16.5. The van der Waals surface area contributed by atoms with Gasteiger partial charge >= 0.3 is 0 Å². The lowest BCUT2D eigenvalue weighted by Gasteiger charge is -2.34. The van der Waals surface area contributed by atoms with Crippen LogP contribution in [-0.2, 0) is 32.1 Å². The van der Waals surface area contributed by atoms with Gasteiger partial charge in [0.05, 0.1) is 18.9 Å². The Morgan fingerprint density at radius 3 is 2.37 bits per heavy atom. The molecule has 0 aliphatic carbocycles. The van der Waals surface area contributed by atoms with E-state index >= 15 is 0 Å². The number of likely N-dealkylation sites (tertiary alicyclic amines) is 1. The third-order valence-electron chi connectivity index (χ3n) is 7.19. The van der Waals surface area contributed by atoms with Crippen LogP contribution in [0.25, 0.3) is 11.1 Å². The van der Waals surface area contributed by atoms with Crippen LogP contribution in [0, 0.1) is 5.41 Å². The molecule has 4 N–H and O–H groups in total. The van der Waals surface area contributed by atoms with Crippen molar-refractivity contribution in [1.82, 2.24) is 25.2 Å². The third-order valence-corrected chi connectivity index (χ3v) is 7.19. The topological polar surface area (TPSA) is 153 Å². The maximum atomic E-state index is 13.9.